The number of benzene rings is 1. The predicted molar refractivity (Wildman–Crippen MR) is 73.2 cm³/mol. The first-order valence-electron chi connectivity index (χ1n) is 6.56. The van der Waals surface area contributed by atoms with Crippen molar-refractivity contribution in [3.8, 4) is 0 Å². The van der Waals surface area contributed by atoms with Gasteiger partial charge in [-0.2, -0.15) is 0 Å². The Morgan fingerprint density at radius 2 is 2.00 bits per heavy atom. The molecule has 2 nitrogen and oxygen atoms in total. The topological polar surface area (TPSA) is 21.3 Å². The molecule has 0 heterocycles. The minimum atomic E-state index is -0.160. The Morgan fingerprint density at radius 3 is 2.44 bits per heavy atom. The molecular formula is C15H24FNO. The van der Waals surface area contributed by atoms with E-state index in [0.29, 0.717) is 18.1 Å². The van der Waals surface area contributed by atoms with Gasteiger partial charge in [0.2, 0.25) is 0 Å². The van der Waals surface area contributed by atoms with Crippen LogP contribution in [0, 0.1) is 18.7 Å². The number of aryl methyl sites for hydroxylation is 1. The summed E-state index contributed by atoms with van der Waals surface area (Å²) in [5, 5.41) is 3.24. The van der Waals surface area contributed by atoms with Gasteiger partial charge in [-0.1, -0.05) is 26.0 Å². The van der Waals surface area contributed by atoms with Crippen LogP contribution in [0.1, 0.15) is 37.9 Å². The highest BCUT2D eigenvalue weighted by Gasteiger charge is 2.25. The summed E-state index contributed by atoms with van der Waals surface area (Å²) in [5.74, 6) is 0.207. The maximum atomic E-state index is 13.7. The van der Waals surface area contributed by atoms with Crippen LogP contribution < -0.4 is 5.32 Å². The van der Waals surface area contributed by atoms with Crippen LogP contribution in [0.25, 0.3) is 0 Å². The van der Waals surface area contributed by atoms with E-state index in [-0.39, 0.29) is 18.0 Å². The standard InChI is InChI=1S/C15H24FNO/c1-6-18-15(10(2)3)14(17-5)12-8-7-11(4)13(16)9-12/h7-10,14-15,17H,6H2,1-5H3. The lowest BCUT2D eigenvalue weighted by atomic mass is 9.93. The van der Waals surface area contributed by atoms with Crippen LogP contribution in [0.15, 0.2) is 18.2 Å². The van der Waals surface area contributed by atoms with Gasteiger partial charge >= 0.3 is 0 Å². The van der Waals surface area contributed by atoms with Crippen molar-refractivity contribution in [3.05, 3.63) is 35.1 Å². The van der Waals surface area contributed by atoms with Crippen LogP contribution in [0.4, 0.5) is 4.39 Å². The lowest BCUT2D eigenvalue weighted by Gasteiger charge is -2.30. The van der Waals surface area contributed by atoms with Crippen molar-refractivity contribution in [1.82, 2.24) is 5.32 Å². The van der Waals surface area contributed by atoms with Gasteiger partial charge in [-0.05, 0) is 44.0 Å². The van der Waals surface area contributed by atoms with E-state index in [1.807, 2.05) is 26.1 Å². The van der Waals surface area contributed by atoms with Crippen LogP contribution in [0.3, 0.4) is 0 Å². The average molecular weight is 253 g/mol. The Bertz CT molecular complexity index is 379. The zero-order valence-corrected chi connectivity index (χ0v) is 12.0. The molecule has 0 saturated heterocycles. The van der Waals surface area contributed by atoms with Crippen molar-refractivity contribution < 1.29 is 9.13 Å². The molecule has 0 aromatic heterocycles. The molecule has 0 bridgehead atoms. The summed E-state index contributed by atoms with van der Waals surface area (Å²) >= 11 is 0. The van der Waals surface area contributed by atoms with Crippen molar-refractivity contribution in [2.75, 3.05) is 13.7 Å². The highest BCUT2D eigenvalue weighted by molar-refractivity contribution is 5.26. The number of nitrogens with one attached hydrogen (secondary N) is 1. The Balaban J connectivity index is 3.02. The van der Waals surface area contributed by atoms with E-state index in [9.17, 15) is 4.39 Å². The van der Waals surface area contributed by atoms with Crippen molar-refractivity contribution in [2.24, 2.45) is 5.92 Å². The van der Waals surface area contributed by atoms with Gasteiger partial charge in [0.15, 0.2) is 0 Å². The molecule has 102 valence electrons. The van der Waals surface area contributed by atoms with E-state index < -0.39 is 0 Å². The number of hydrogen-bond donors (Lipinski definition) is 1. The molecule has 0 aliphatic carbocycles. The minimum absolute atomic E-state index is 0.0139. The van der Waals surface area contributed by atoms with Crippen LogP contribution in [-0.4, -0.2) is 19.8 Å². The first-order valence-corrected chi connectivity index (χ1v) is 6.56. The van der Waals surface area contributed by atoms with Gasteiger partial charge in [-0.25, -0.2) is 4.39 Å². The summed E-state index contributed by atoms with van der Waals surface area (Å²) in [6.45, 7) is 8.66. The van der Waals surface area contributed by atoms with Gasteiger partial charge in [0.05, 0.1) is 12.1 Å². The van der Waals surface area contributed by atoms with Gasteiger partial charge in [0.25, 0.3) is 0 Å². The molecule has 18 heavy (non-hydrogen) atoms. The van der Waals surface area contributed by atoms with Crippen molar-refractivity contribution in [2.45, 2.75) is 39.8 Å². The van der Waals surface area contributed by atoms with Crippen LogP contribution in [-0.2, 0) is 4.74 Å². The summed E-state index contributed by atoms with van der Waals surface area (Å²) in [7, 11) is 1.89. The maximum absolute atomic E-state index is 13.7. The molecule has 0 aliphatic rings. The number of hydrogen-bond acceptors (Lipinski definition) is 2. The Kier molecular flexibility index (Phi) is 5.76. The first-order chi connectivity index (χ1) is 8.51. The average Bonchev–Trinajstić information content (AvgIpc) is 2.33. The molecule has 2 atom stereocenters. The molecule has 3 heteroatoms. The molecule has 1 rings (SSSR count). The molecular weight excluding hydrogens is 229 g/mol. The first kappa shape index (κ1) is 15.1. The highest BCUT2D eigenvalue weighted by atomic mass is 19.1. The number of likely N-dealkylation sites (N-methyl/N-ethyl adjacent to an activating group) is 1. The summed E-state index contributed by atoms with van der Waals surface area (Å²) in [4.78, 5) is 0. The number of halogens is 1. The molecule has 1 N–H and O–H groups in total. The van der Waals surface area contributed by atoms with Crippen molar-refractivity contribution >= 4 is 0 Å². The summed E-state index contributed by atoms with van der Waals surface area (Å²) in [6, 6.07) is 5.40. The molecule has 0 fully saturated rings. The van der Waals surface area contributed by atoms with E-state index in [4.69, 9.17) is 4.74 Å². The van der Waals surface area contributed by atoms with Gasteiger partial charge < -0.3 is 10.1 Å². The third kappa shape index (κ3) is 3.53. The van der Waals surface area contributed by atoms with Crippen molar-refractivity contribution in [3.63, 3.8) is 0 Å². The third-order valence-electron chi connectivity index (χ3n) is 3.21. The molecule has 1 aromatic carbocycles. The molecule has 1 aromatic rings. The normalized spacial score (nSPS) is 14.8. The molecule has 0 amide bonds. The fraction of sp³-hybridized carbons (Fsp3) is 0.600. The number of ether oxygens (including phenoxy) is 1. The second kappa shape index (κ2) is 6.86. The highest BCUT2D eigenvalue weighted by Crippen LogP contribution is 2.25. The largest absolute Gasteiger partial charge is 0.376 e. The lowest BCUT2D eigenvalue weighted by molar-refractivity contribution is 0.00454. The maximum Gasteiger partial charge on any atom is 0.126 e. The smallest absolute Gasteiger partial charge is 0.126 e. The SMILES string of the molecule is CCOC(C(C)C)C(NC)c1ccc(C)c(F)c1. The van der Waals surface area contributed by atoms with Crippen molar-refractivity contribution in [1.29, 1.82) is 0 Å². The molecule has 0 saturated carbocycles. The van der Waals surface area contributed by atoms with Gasteiger partial charge in [-0.3, -0.25) is 0 Å². The van der Waals surface area contributed by atoms with E-state index in [1.54, 1.807) is 13.0 Å². The van der Waals surface area contributed by atoms with E-state index >= 15 is 0 Å². The Morgan fingerprint density at radius 1 is 1.33 bits per heavy atom. The predicted octanol–water partition coefficient (Wildman–Crippen LogP) is 3.46. The molecule has 0 spiro atoms. The van der Waals surface area contributed by atoms with Gasteiger partial charge in [-0.15, -0.1) is 0 Å². The second-order valence-corrected chi connectivity index (χ2v) is 4.94. The minimum Gasteiger partial charge on any atom is -0.376 e. The second-order valence-electron chi connectivity index (χ2n) is 4.94. The third-order valence-corrected chi connectivity index (χ3v) is 3.21. The van der Waals surface area contributed by atoms with Crippen LogP contribution in [0.5, 0.6) is 0 Å². The Labute approximate surface area is 110 Å². The zero-order valence-electron chi connectivity index (χ0n) is 12.0. The van der Waals surface area contributed by atoms with E-state index in [2.05, 4.69) is 19.2 Å². The van der Waals surface area contributed by atoms with Gasteiger partial charge in [0, 0.05) is 6.61 Å². The zero-order chi connectivity index (χ0) is 13.7. The summed E-state index contributed by atoms with van der Waals surface area (Å²) in [5.41, 5.74) is 1.61. The monoisotopic (exact) mass is 253 g/mol. The quantitative estimate of drug-likeness (QED) is 0.838. The van der Waals surface area contributed by atoms with E-state index in [0.717, 1.165) is 5.56 Å². The van der Waals surface area contributed by atoms with E-state index in [1.165, 1.54) is 0 Å². The van der Waals surface area contributed by atoms with Gasteiger partial charge in [0.1, 0.15) is 5.82 Å². The summed E-state index contributed by atoms with van der Waals surface area (Å²) in [6.07, 6.45) is 0.0436. The fourth-order valence-electron chi connectivity index (χ4n) is 2.19. The summed E-state index contributed by atoms with van der Waals surface area (Å²) < 4.78 is 19.5. The fourth-order valence-corrected chi connectivity index (χ4v) is 2.19. The molecule has 0 radical (unpaired) electrons. The number of rotatable bonds is 6. The van der Waals surface area contributed by atoms with Crippen LogP contribution in [0.2, 0.25) is 0 Å². The molecule has 0 aliphatic heterocycles. The lowest BCUT2D eigenvalue weighted by Crippen LogP contribution is -2.35. The Hall–Kier alpha value is -0.930. The molecule has 2 unspecified atom stereocenters. The van der Waals surface area contributed by atoms with Crippen LogP contribution >= 0.6 is 0 Å².